The fourth-order valence-electron chi connectivity index (χ4n) is 1.67. The predicted octanol–water partition coefficient (Wildman–Crippen LogP) is 2.62. The van der Waals surface area contributed by atoms with Crippen molar-refractivity contribution in [3.8, 4) is 0 Å². The molecular formula is C11H16FNO. The van der Waals surface area contributed by atoms with Gasteiger partial charge >= 0.3 is 0 Å². The smallest absolute Gasteiger partial charge is 0.147 e. The second-order valence-electron chi connectivity index (χ2n) is 3.49. The van der Waals surface area contributed by atoms with Crippen molar-refractivity contribution >= 4 is 0 Å². The van der Waals surface area contributed by atoms with Gasteiger partial charge in [-0.15, -0.1) is 0 Å². The lowest BCUT2D eigenvalue weighted by atomic mass is 9.87. The minimum Gasteiger partial charge on any atom is -0.385 e. The van der Waals surface area contributed by atoms with Gasteiger partial charge in [-0.2, -0.15) is 0 Å². The first-order valence-corrected chi connectivity index (χ1v) is 4.96. The molecule has 1 unspecified atom stereocenters. The van der Waals surface area contributed by atoms with Crippen molar-refractivity contribution in [2.24, 2.45) is 0 Å². The van der Waals surface area contributed by atoms with E-state index in [-0.39, 0.29) is 0 Å². The molecule has 0 spiro atoms. The number of aliphatic hydroxyl groups is 1. The van der Waals surface area contributed by atoms with Crippen LogP contribution in [-0.2, 0) is 5.60 Å². The first-order valence-electron chi connectivity index (χ1n) is 4.96. The highest BCUT2D eigenvalue weighted by atomic mass is 19.1. The van der Waals surface area contributed by atoms with E-state index in [1.165, 1.54) is 6.20 Å². The molecule has 1 heterocycles. The van der Waals surface area contributed by atoms with Crippen LogP contribution in [0.5, 0.6) is 0 Å². The molecular weight excluding hydrogens is 181 g/mol. The standard InChI is InChI=1S/C11H16FNO/c1-3-6-11(14,4-2)9-5-7-13-8-10(9)12/h5,7-8,14H,3-4,6H2,1-2H3. The molecule has 0 aliphatic heterocycles. The summed E-state index contributed by atoms with van der Waals surface area (Å²) in [5.41, 5.74) is -0.682. The van der Waals surface area contributed by atoms with Gasteiger partial charge in [0, 0.05) is 11.8 Å². The summed E-state index contributed by atoms with van der Waals surface area (Å²) in [6, 6.07) is 1.55. The van der Waals surface area contributed by atoms with Gasteiger partial charge in [0.15, 0.2) is 0 Å². The molecule has 0 aliphatic carbocycles. The third-order valence-electron chi connectivity index (χ3n) is 2.52. The predicted molar refractivity (Wildman–Crippen MR) is 53.3 cm³/mol. The first kappa shape index (κ1) is 11.1. The molecule has 0 aliphatic rings. The molecule has 0 saturated carbocycles. The molecule has 0 amide bonds. The highest BCUT2D eigenvalue weighted by Crippen LogP contribution is 2.31. The number of pyridine rings is 1. The minimum atomic E-state index is -1.04. The average molecular weight is 197 g/mol. The van der Waals surface area contributed by atoms with E-state index in [0.29, 0.717) is 18.4 Å². The Balaban J connectivity index is 3.05. The number of nitrogens with zero attached hydrogens (tertiary/aromatic N) is 1. The summed E-state index contributed by atoms with van der Waals surface area (Å²) < 4.78 is 13.4. The van der Waals surface area contributed by atoms with Crippen LogP contribution in [0.25, 0.3) is 0 Å². The van der Waals surface area contributed by atoms with Gasteiger partial charge in [0.1, 0.15) is 5.82 Å². The number of hydrogen-bond donors (Lipinski definition) is 1. The number of halogens is 1. The molecule has 0 saturated heterocycles. The maximum absolute atomic E-state index is 13.4. The van der Waals surface area contributed by atoms with Crippen molar-refractivity contribution in [1.82, 2.24) is 4.98 Å². The van der Waals surface area contributed by atoms with Crippen LogP contribution >= 0.6 is 0 Å². The monoisotopic (exact) mass is 197 g/mol. The third-order valence-corrected chi connectivity index (χ3v) is 2.52. The average Bonchev–Trinajstić information content (AvgIpc) is 2.18. The molecule has 0 bridgehead atoms. The van der Waals surface area contributed by atoms with Crippen LogP contribution in [0.2, 0.25) is 0 Å². The molecule has 1 aromatic rings. The van der Waals surface area contributed by atoms with Crippen LogP contribution in [0.15, 0.2) is 18.5 Å². The van der Waals surface area contributed by atoms with Crippen molar-refractivity contribution in [1.29, 1.82) is 0 Å². The van der Waals surface area contributed by atoms with E-state index in [2.05, 4.69) is 4.98 Å². The highest BCUT2D eigenvalue weighted by molar-refractivity contribution is 5.20. The van der Waals surface area contributed by atoms with E-state index in [0.717, 1.165) is 12.6 Å². The highest BCUT2D eigenvalue weighted by Gasteiger charge is 2.28. The van der Waals surface area contributed by atoms with Crippen molar-refractivity contribution in [2.45, 2.75) is 38.7 Å². The summed E-state index contributed by atoms with van der Waals surface area (Å²) in [4.78, 5) is 3.67. The summed E-state index contributed by atoms with van der Waals surface area (Å²) in [7, 11) is 0. The number of aromatic nitrogens is 1. The lowest BCUT2D eigenvalue weighted by Crippen LogP contribution is -2.25. The molecule has 2 nitrogen and oxygen atoms in total. The maximum Gasteiger partial charge on any atom is 0.147 e. The quantitative estimate of drug-likeness (QED) is 0.804. The van der Waals surface area contributed by atoms with E-state index < -0.39 is 11.4 Å². The lowest BCUT2D eigenvalue weighted by Gasteiger charge is -2.26. The number of rotatable bonds is 4. The fourth-order valence-corrected chi connectivity index (χ4v) is 1.67. The Labute approximate surface area is 83.8 Å². The molecule has 0 radical (unpaired) electrons. The molecule has 1 aromatic heterocycles. The van der Waals surface area contributed by atoms with E-state index in [1.807, 2.05) is 13.8 Å². The van der Waals surface area contributed by atoms with Crippen LogP contribution in [-0.4, -0.2) is 10.1 Å². The lowest BCUT2D eigenvalue weighted by molar-refractivity contribution is 0.0190. The number of hydrogen-bond acceptors (Lipinski definition) is 2. The van der Waals surface area contributed by atoms with Crippen LogP contribution in [0.1, 0.15) is 38.7 Å². The Bertz CT molecular complexity index is 303. The molecule has 1 N–H and O–H groups in total. The Morgan fingerprint density at radius 1 is 1.50 bits per heavy atom. The van der Waals surface area contributed by atoms with Crippen molar-refractivity contribution in [3.63, 3.8) is 0 Å². The zero-order chi connectivity index (χ0) is 10.6. The Morgan fingerprint density at radius 2 is 2.21 bits per heavy atom. The van der Waals surface area contributed by atoms with Gasteiger partial charge in [-0.1, -0.05) is 20.3 Å². The molecule has 1 rings (SSSR count). The summed E-state index contributed by atoms with van der Waals surface area (Å²) >= 11 is 0. The van der Waals surface area contributed by atoms with E-state index in [1.54, 1.807) is 6.07 Å². The molecule has 1 atom stereocenters. The molecule has 78 valence electrons. The van der Waals surface area contributed by atoms with Gasteiger partial charge < -0.3 is 5.11 Å². The first-order chi connectivity index (χ1) is 6.64. The topological polar surface area (TPSA) is 33.1 Å². The minimum absolute atomic E-state index is 0.358. The second kappa shape index (κ2) is 4.51. The van der Waals surface area contributed by atoms with Crippen LogP contribution < -0.4 is 0 Å². The van der Waals surface area contributed by atoms with Gasteiger partial charge in [-0.25, -0.2) is 4.39 Å². The fraction of sp³-hybridized carbons (Fsp3) is 0.545. The van der Waals surface area contributed by atoms with Crippen molar-refractivity contribution < 1.29 is 9.50 Å². The van der Waals surface area contributed by atoms with Gasteiger partial charge in [0.25, 0.3) is 0 Å². The maximum atomic E-state index is 13.4. The Morgan fingerprint density at radius 3 is 2.71 bits per heavy atom. The van der Waals surface area contributed by atoms with E-state index >= 15 is 0 Å². The SMILES string of the molecule is CCCC(O)(CC)c1ccncc1F. The summed E-state index contributed by atoms with van der Waals surface area (Å²) in [6.45, 7) is 3.83. The second-order valence-corrected chi connectivity index (χ2v) is 3.49. The Kier molecular flexibility index (Phi) is 3.58. The molecule has 3 heteroatoms. The largest absolute Gasteiger partial charge is 0.385 e. The molecule has 0 fully saturated rings. The third kappa shape index (κ3) is 2.10. The van der Waals surface area contributed by atoms with Crippen LogP contribution in [0, 0.1) is 5.82 Å². The summed E-state index contributed by atoms with van der Waals surface area (Å²) in [5.74, 6) is -0.426. The van der Waals surface area contributed by atoms with Gasteiger partial charge in [-0.3, -0.25) is 4.98 Å². The normalized spacial score (nSPS) is 15.1. The van der Waals surface area contributed by atoms with E-state index in [9.17, 15) is 9.50 Å². The zero-order valence-corrected chi connectivity index (χ0v) is 8.63. The zero-order valence-electron chi connectivity index (χ0n) is 8.63. The van der Waals surface area contributed by atoms with Gasteiger partial charge in [-0.05, 0) is 18.9 Å². The molecule has 14 heavy (non-hydrogen) atoms. The van der Waals surface area contributed by atoms with Crippen LogP contribution in [0.4, 0.5) is 4.39 Å². The van der Waals surface area contributed by atoms with Gasteiger partial charge in [0.05, 0.1) is 11.8 Å². The Hall–Kier alpha value is -0.960. The van der Waals surface area contributed by atoms with Gasteiger partial charge in [0.2, 0.25) is 0 Å². The summed E-state index contributed by atoms with van der Waals surface area (Å²) in [6.07, 6.45) is 4.57. The van der Waals surface area contributed by atoms with E-state index in [4.69, 9.17) is 0 Å². The van der Waals surface area contributed by atoms with Crippen molar-refractivity contribution in [3.05, 3.63) is 29.8 Å². The van der Waals surface area contributed by atoms with Crippen LogP contribution in [0.3, 0.4) is 0 Å². The van der Waals surface area contributed by atoms with Crippen molar-refractivity contribution in [2.75, 3.05) is 0 Å². The molecule has 0 aromatic carbocycles. The summed E-state index contributed by atoms with van der Waals surface area (Å²) in [5, 5.41) is 10.2.